The van der Waals surface area contributed by atoms with E-state index in [1.54, 1.807) is 0 Å². The fraction of sp³-hybridized carbons (Fsp3) is 0.300. The molecule has 2 aromatic carbocycles. The van der Waals surface area contributed by atoms with Gasteiger partial charge in [-0.1, -0.05) is 25.3 Å². The molecule has 0 aromatic heterocycles. The van der Waals surface area contributed by atoms with Gasteiger partial charge in [0.1, 0.15) is 17.4 Å². The number of amides is 1. The third-order valence-corrected chi connectivity index (χ3v) is 4.89. The van der Waals surface area contributed by atoms with Crippen LogP contribution < -0.4 is 16.2 Å². The minimum absolute atomic E-state index is 0.0462. The Hall–Kier alpha value is -2.74. The van der Waals surface area contributed by atoms with Gasteiger partial charge in [-0.15, -0.1) is 0 Å². The Balaban J connectivity index is 1.66. The number of phenolic OH excluding ortho intramolecular Hbond substituents is 1. The van der Waals surface area contributed by atoms with Crippen molar-refractivity contribution in [3.63, 3.8) is 0 Å². The van der Waals surface area contributed by atoms with E-state index in [-0.39, 0.29) is 22.9 Å². The molecule has 0 unspecified atom stereocenters. The predicted octanol–water partition coefficient (Wildman–Crippen LogP) is 3.78. The van der Waals surface area contributed by atoms with Crippen LogP contribution >= 0.6 is 12.2 Å². The number of nitrogens with one attached hydrogen (secondary N) is 3. The normalized spacial score (nSPS) is 14.4. The van der Waals surface area contributed by atoms with Gasteiger partial charge in [-0.25, -0.2) is 8.78 Å². The molecule has 0 saturated heterocycles. The lowest BCUT2D eigenvalue weighted by molar-refractivity contribution is 0.0941. The number of rotatable bonds is 3. The number of aromatic hydroxyl groups is 1. The van der Waals surface area contributed by atoms with Crippen LogP contribution in [0.5, 0.6) is 5.75 Å². The molecule has 4 N–H and O–H groups in total. The molecule has 148 valence electrons. The van der Waals surface area contributed by atoms with Crippen LogP contribution in [0.4, 0.5) is 8.78 Å². The van der Waals surface area contributed by atoms with Gasteiger partial charge in [-0.05, 0) is 60.5 Å². The molecule has 0 aliphatic heterocycles. The number of carbonyl (C=O) groups is 1. The quantitative estimate of drug-likeness (QED) is 0.462. The van der Waals surface area contributed by atoms with Crippen LogP contribution in [-0.2, 0) is 0 Å². The molecule has 3 rings (SSSR count). The van der Waals surface area contributed by atoms with Crippen LogP contribution in [0.25, 0.3) is 11.1 Å². The van der Waals surface area contributed by atoms with Gasteiger partial charge in [0.05, 0.1) is 5.56 Å². The number of phenols is 1. The Kier molecular flexibility index (Phi) is 6.41. The van der Waals surface area contributed by atoms with Crippen molar-refractivity contribution in [1.29, 1.82) is 0 Å². The molecule has 1 aliphatic carbocycles. The van der Waals surface area contributed by atoms with Gasteiger partial charge in [0.2, 0.25) is 0 Å². The molecular formula is C20H21F2N3O2S. The lowest BCUT2D eigenvalue weighted by atomic mass is 9.96. The maximum atomic E-state index is 13.5. The number of thiocarbonyl (C=S) groups is 1. The Morgan fingerprint density at radius 2 is 1.64 bits per heavy atom. The highest BCUT2D eigenvalue weighted by molar-refractivity contribution is 7.80. The van der Waals surface area contributed by atoms with Crippen LogP contribution in [0.15, 0.2) is 36.4 Å². The van der Waals surface area contributed by atoms with E-state index in [2.05, 4.69) is 16.2 Å². The van der Waals surface area contributed by atoms with Crippen molar-refractivity contribution < 1.29 is 18.7 Å². The topological polar surface area (TPSA) is 73.4 Å². The zero-order chi connectivity index (χ0) is 20.1. The summed E-state index contributed by atoms with van der Waals surface area (Å²) in [4.78, 5) is 12.4. The molecular weight excluding hydrogens is 384 g/mol. The minimum Gasteiger partial charge on any atom is -0.507 e. The number of hydrogen-bond donors (Lipinski definition) is 4. The second kappa shape index (κ2) is 8.97. The van der Waals surface area contributed by atoms with Gasteiger partial charge < -0.3 is 10.4 Å². The van der Waals surface area contributed by atoms with E-state index in [1.165, 1.54) is 24.6 Å². The molecule has 0 radical (unpaired) electrons. The number of benzene rings is 2. The molecule has 1 aliphatic rings. The zero-order valence-corrected chi connectivity index (χ0v) is 15.9. The van der Waals surface area contributed by atoms with E-state index in [9.17, 15) is 18.7 Å². The first-order chi connectivity index (χ1) is 13.4. The summed E-state index contributed by atoms with van der Waals surface area (Å²) in [6.07, 6.45) is 5.58. The molecule has 0 spiro atoms. The van der Waals surface area contributed by atoms with Crippen molar-refractivity contribution in [3.8, 4) is 16.9 Å². The van der Waals surface area contributed by atoms with Crippen LogP contribution in [0.2, 0.25) is 0 Å². The van der Waals surface area contributed by atoms with Crippen molar-refractivity contribution in [1.82, 2.24) is 16.2 Å². The van der Waals surface area contributed by atoms with Gasteiger partial charge in [0.25, 0.3) is 5.91 Å². The van der Waals surface area contributed by atoms with E-state index >= 15 is 0 Å². The summed E-state index contributed by atoms with van der Waals surface area (Å²) in [6, 6.07) is 7.48. The summed E-state index contributed by atoms with van der Waals surface area (Å²) in [5.74, 6) is -2.33. The average molecular weight is 405 g/mol. The third-order valence-electron chi connectivity index (χ3n) is 4.67. The summed E-state index contributed by atoms with van der Waals surface area (Å²) in [5.41, 5.74) is 5.66. The summed E-state index contributed by atoms with van der Waals surface area (Å²) in [7, 11) is 0. The molecule has 28 heavy (non-hydrogen) atoms. The van der Waals surface area contributed by atoms with Crippen molar-refractivity contribution in [2.45, 2.75) is 38.1 Å². The highest BCUT2D eigenvalue weighted by atomic mass is 32.1. The maximum absolute atomic E-state index is 13.5. The molecule has 1 amide bonds. The predicted molar refractivity (Wildman–Crippen MR) is 107 cm³/mol. The highest BCUT2D eigenvalue weighted by Gasteiger charge is 2.16. The second-order valence-corrected chi connectivity index (χ2v) is 7.19. The van der Waals surface area contributed by atoms with E-state index in [4.69, 9.17) is 12.2 Å². The third kappa shape index (κ3) is 5.16. The fourth-order valence-corrected chi connectivity index (χ4v) is 3.48. The number of hydrazine groups is 1. The van der Waals surface area contributed by atoms with Gasteiger partial charge in [0.15, 0.2) is 5.11 Å². The number of hydrogen-bond acceptors (Lipinski definition) is 3. The first kappa shape index (κ1) is 20.0. The second-order valence-electron chi connectivity index (χ2n) is 6.78. The van der Waals surface area contributed by atoms with Crippen LogP contribution in [-0.4, -0.2) is 22.2 Å². The van der Waals surface area contributed by atoms with Crippen molar-refractivity contribution >= 4 is 23.2 Å². The number of carbonyl (C=O) groups excluding carboxylic acids is 1. The first-order valence-electron chi connectivity index (χ1n) is 9.09. The standard InChI is InChI=1S/C20H21F2N3O2S/c21-14-8-13(9-15(22)11-14)12-6-7-18(26)17(10-12)19(27)24-25-20(28)23-16-4-2-1-3-5-16/h6-11,16,26H,1-5H2,(H,24,27)(H2,23,25,28). The van der Waals surface area contributed by atoms with Crippen LogP contribution in [0.1, 0.15) is 42.5 Å². The lowest BCUT2D eigenvalue weighted by Gasteiger charge is -2.24. The zero-order valence-electron chi connectivity index (χ0n) is 15.1. The van der Waals surface area contributed by atoms with E-state index < -0.39 is 17.5 Å². The smallest absolute Gasteiger partial charge is 0.273 e. The van der Waals surface area contributed by atoms with Gasteiger partial charge >= 0.3 is 0 Å². The molecule has 0 bridgehead atoms. The molecule has 0 atom stereocenters. The van der Waals surface area contributed by atoms with Crippen LogP contribution in [0.3, 0.4) is 0 Å². The molecule has 1 saturated carbocycles. The highest BCUT2D eigenvalue weighted by Crippen LogP contribution is 2.27. The van der Waals surface area contributed by atoms with Crippen molar-refractivity contribution in [3.05, 3.63) is 53.6 Å². The molecule has 0 heterocycles. The summed E-state index contributed by atoms with van der Waals surface area (Å²) in [5, 5.41) is 13.4. The lowest BCUT2D eigenvalue weighted by Crippen LogP contribution is -2.50. The largest absolute Gasteiger partial charge is 0.507 e. The fourth-order valence-electron chi connectivity index (χ4n) is 3.27. The molecule has 5 nitrogen and oxygen atoms in total. The number of halogens is 2. The van der Waals surface area contributed by atoms with E-state index in [0.717, 1.165) is 43.9 Å². The molecule has 8 heteroatoms. The maximum Gasteiger partial charge on any atom is 0.273 e. The monoisotopic (exact) mass is 405 g/mol. The minimum atomic E-state index is -0.727. The van der Waals surface area contributed by atoms with Crippen molar-refractivity contribution in [2.75, 3.05) is 0 Å². The van der Waals surface area contributed by atoms with Gasteiger partial charge in [-0.3, -0.25) is 15.6 Å². The van der Waals surface area contributed by atoms with E-state index in [1.807, 2.05) is 0 Å². The SMILES string of the molecule is O=C(NNC(=S)NC1CCCCC1)c1cc(-c2cc(F)cc(F)c2)ccc1O. The Labute approximate surface area is 167 Å². The first-order valence-corrected chi connectivity index (χ1v) is 9.49. The summed E-state index contributed by atoms with van der Waals surface area (Å²) < 4.78 is 26.9. The summed E-state index contributed by atoms with van der Waals surface area (Å²) >= 11 is 5.18. The van der Waals surface area contributed by atoms with Crippen molar-refractivity contribution in [2.24, 2.45) is 0 Å². The van der Waals surface area contributed by atoms with Crippen LogP contribution in [0, 0.1) is 11.6 Å². The van der Waals surface area contributed by atoms with E-state index in [0.29, 0.717) is 10.7 Å². The Morgan fingerprint density at radius 3 is 2.32 bits per heavy atom. The molecule has 1 fully saturated rings. The Bertz CT molecular complexity index is 865. The average Bonchev–Trinajstić information content (AvgIpc) is 2.66. The van der Waals surface area contributed by atoms with Gasteiger partial charge in [-0.2, -0.15) is 0 Å². The molecule has 2 aromatic rings. The summed E-state index contributed by atoms with van der Waals surface area (Å²) in [6.45, 7) is 0. The van der Waals surface area contributed by atoms with Gasteiger partial charge in [0, 0.05) is 12.1 Å². The Morgan fingerprint density at radius 1 is 0.964 bits per heavy atom.